The Bertz CT molecular complexity index is 364. The lowest BCUT2D eigenvalue weighted by atomic mass is 9.96. The predicted molar refractivity (Wildman–Crippen MR) is 65.7 cm³/mol. The van der Waals surface area contributed by atoms with Crippen LogP contribution in [0.2, 0.25) is 10.0 Å². The second kappa shape index (κ2) is 3.70. The van der Waals surface area contributed by atoms with Crippen molar-refractivity contribution in [1.29, 1.82) is 0 Å². The van der Waals surface area contributed by atoms with Gasteiger partial charge < -0.3 is 0 Å². The first-order valence-electron chi connectivity index (χ1n) is 4.59. The van der Waals surface area contributed by atoms with Gasteiger partial charge in [-0.2, -0.15) is 0 Å². The molecule has 0 spiro atoms. The molecule has 0 radical (unpaired) electrons. The SMILES string of the molecule is CC1(c2cc(Cl)ccc2Cl)CC1CBr. The van der Waals surface area contributed by atoms with Gasteiger partial charge in [-0.3, -0.25) is 0 Å². The quantitative estimate of drug-likeness (QED) is 0.695. The van der Waals surface area contributed by atoms with Crippen molar-refractivity contribution in [2.24, 2.45) is 5.92 Å². The average Bonchev–Trinajstić information content (AvgIpc) is 2.83. The Morgan fingerprint density at radius 3 is 2.79 bits per heavy atom. The van der Waals surface area contributed by atoms with Gasteiger partial charge in [0.25, 0.3) is 0 Å². The Balaban J connectivity index is 2.38. The number of alkyl halides is 1. The summed E-state index contributed by atoms with van der Waals surface area (Å²) in [5.41, 5.74) is 1.42. The highest BCUT2D eigenvalue weighted by Gasteiger charge is 2.51. The molecule has 0 saturated heterocycles. The number of hydrogen-bond acceptors (Lipinski definition) is 0. The highest BCUT2D eigenvalue weighted by Crippen LogP contribution is 2.56. The van der Waals surface area contributed by atoms with Crippen LogP contribution in [-0.4, -0.2) is 5.33 Å². The Morgan fingerprint density at radius 1 is 1.50 bits per heavy atom. The summed E-state index contributed by atoms with van der Waals surface area (Å²) in [5, 5.41) is 2.64. The van der Waals surface area contributed by atoms with E-state index >= 15 is 0 Å². The first-order chi connectivity index (χ1) is 6.58. The maximum Gasteiger partial charge on any atom is 0.0444 e. The third-order valence-corrected chi connectivity index (χ3v) is 4.49. The van der Waals surface area contributed by atoms with Crippen molar-refractivity contribution in [2.75, 3.05) is 5.33 Å². The fourth-order valence-electron chi connectivity index (χ4n) is 1.94. The lowest BCUT2D eigenvalue weighted by Gasteiger charge is -2.13. The summed E-state index contributed by atoms with van der Waals surface area (Å²) < 4.78 is 0. The highest BCUT2D eigenvalue weighted by atomic mass is 79.9. The zero-order valence-electron chi connectivity index (χ0n) is 7.86. The van der Waals surface area contributed by atoms with Crippen LogP contribution in [0, 0.1) is 5.92 Å². The van der Waals surface area contributed by atoms with Crippen LogP contribution in [0.5, 0.6) is 0 Å². The van der Waals surface area contributed by atoms with Crippen molar-refractivity contribution < 1.29 is 0 Å². The van der Waals surface area contributed by atoms with Gasteiger partial charge in [0.05, 0.1) is 0 Å². The molecular weight excluding hydrogens is 283 g/mol. The van der Waals surface area contributed by atoms with E-state index in [9.17, 15) is 0 Å². The molecule has 1 saturated carbocycles. The van der Waals surface area contributed by atoms with Gasteiger partial charge in [0, 0.05) is 15.4 Å². The molecule has 0 bridgehead atoms. The average molecular weight is 294 g/mol. The van der Waals surface area contributed by atoms with E-state index in [0.29, 0.717) is 5.92 Å². The molecule has 2 unspecified atom stereocenters. The molecule has 0 N–H and O–H groups in total. The van der Waals surface area contributed by atoms with Crippen molar-refractivity contribution in [3.05, 3.63) is 33.8 Å². The van der Waals surface area contributed by atoms with Crippen LogP contribution in [0.4, 0.5) is 0 Å². The standard InChI is InChI=1S/C11H11BrCl2/c1-11(5-7(11)6-12)9-4-8(13)2-3-10(9)14/h2-4,7H,5-6H2,1H3. The van der Waals surface area contributed by atoms with Gasteiger partial charge in [0.15, 0.2) is 0 Å². The van der Waals surface area contributed by atoms with E-state index in [1.54, 1.807) is 0 Å². The predicted octanol–water partition coefficient (Wildman–Crippen LogP) is 4.67. The molecule has 1 aliphatic rings. The summed E-state index contributed by atoms with van der Waals surface area (Å²) in [6.45, 7) is 2.25. The Labute approximate surface area is 103 Å². The van der Waals surface area contributed by atoms with Gasteiger partial charge in [-0.15, -0.1) is 0 Å². The molecular formula is C11H11BrCl2. The van der Waals surface area contributed by atoms with Gasteiger partial charge in [0.1, 0.15) is 0 Å². The van der Waals surface area contributed by atoms with E-state index in [1.807, 2.05) is 18.2 Å². The molecule has 1 aliphatic carbocycles. The molecule has 0 aromatic heterocycles. The van der Waals surface area contributed by atoms with Crippen molar-refractivity contribution in [1.82, 2.24) is 0 Å². The second-order valence-electron chi connectivity index (χ2n) is 4.10. The Hall–Kier alpha value is 0.280. The van der Waals surface area contributed by atoms with Gasteiger partial charge in [-0.05, 0) is 41.5 Å². The summed E-state index contributed by atoms with van der Waals surface area (Å²) in [5.74, 6) is 0.693. The van der Waals surface area contributed by atoms with E-state index in [2.05, 4.69) is 22.9 Å². The van der Waals surface area contributed by atoms with E-state index < -0.39 is 0 Å². The normalized spacial score (nSPS) is 30.4. The van der Waals surface area contributed by atoms with Crippen molar-refractivity contribution in [2.45, 2.75) is 18.8 Å². The van der Waals surface area contributed by atoms with Crippen molar-refractivity contribution in [3.8, 4) is 0 Å². The zero-order chi connectivity index (χ0) is 10.3. The van der Waals surface area contributed by atoms with Gasteiger partial charge in [0.2, 0.25) is 0 Å². The molecule has 0 nitrogen and oxygen atoms in total. The van der Waals surface area contributed by atoms with Gasteiger partial charge >= 0.3 is 0 Å². The lowest BCUT2D eigenvalue weighted by Crippen LogP contribution is -2.05. The van der Waals surface area contributed by atoms with Gasteiger partial charge in [-0.1, -0.05) is 46.1 Å². The van der Waals surface area contributed by atoms with E-state index in [-0.39, 0.29) is 5.41 Å². The molecule has 0 heterocycles. The molecule has 2 rings (SSSR count). The third-order valence-electron chi connectivity index (χ3n) is 3.14. The maximum absolute atomic E-state index is 6.17. The number of hydrogen-bond donors (Lipinski definition) is 0. The monoisotopic (exact) mass is 292 g/mol. The van der Waals surface area contributed by atoms with Crippen molar-refractivity contribution in [3.63, 3.8) is 0 Å². The third kappa shape index (κ3) is 1.70. The largest absolute Gasteiger partial charge is 0.0925 e. The molecule has 0 amide bonds. The topological polar surface area (TPSA) is 0 Å². The van der Waals surface area contributed by atoms with Crippen LogP contribution < -0.4 is 0 Å². The molecule has 2 atom stereocenters. The van der Waals surface area contributed by atoms with E-state index in [1.165, 1.54) is 12.0 Å². The van der Waals surface area contributed by atoms with Crippen LogP contribution >= 0.6 is 39.1 Å². The molecule has 76 valence electrons. The van der Waals surface area contributed by atoms with Crippen molar-refractivity contribution >= 4 is 39.1 Å². The molecule has 1 aromatic rings. The first-order valence-corrected chi connectivity index (χ1v) is 6.47. The summed E-state index contributed by atoms with van der Waals surface area (Å²) in [4.78, 5) is 0. The summed E-state index contributed by atoms with van der Waals surface area (Å²) in [7, 11) is 0. The molecule has 0 aliphatic heterocycles. The number of benzene rings is 1. The maximum atomic E-state index is 6.17. The number of halogens is 3. The molecule has 1 aromatic carbocycles. The summed E-state index contributed by atoms with van der Waals surface area (Å²) in [6.07, 6.45) is 1.19. The molecule has 1 fully saturated rings. The summed E-state index contributed by atoms with van der Waals surface area (Å²) >= 11 is 15.7. The molecule has 3 heteroatoms. The van der Waals surface area contributed by atoms with Crippen LogP contribution in [0.25, 0.3) is 0 Å². The summed E-state index contributed by atoms with van der Waals surface area (Å²) in [6, 6.07) is 5.71. The van der Waals surface area contributed by atoms with Crippen LogP contribution in [0.1, 0.15) is 18.9 Å². The smallest absolute Gasteiger partial charge is 0.0444 e. The fraction of sp³-hybridized carbons (Fsp3) is 0.455. The lowest BCUT2D eigenvalue weighted by molar-refractivity contribution is 0.710. The fourth-order valence-corrected chi connectivity index (χ4v) is 3.39. The Morgan fingerprint density at radius 2 is 2.21 bits per heavy atom. The van der Waals surface area contributed by atoms with Gasteiger partial charge in [-0.25, -0.2) is 0 Å². The zero-order valence-corrected chi connectivity index (χ0v) is 11.0. The second-order valence-corrected chi connectivity index (χ2v) is 5.59. The van der Waals surface area contributed by atoms with Crippen LogP contribution in [-0.2, 0) is 5.41 Å². The first kappa shape index (κ1) is 10.8. The van der Waals surface area contributed by atoms with E-state index in [0.717, 1.165) is 15.4 Å². The minimum Gasteiger partial charge on any atom is -0.0925 e. The minimum absolute atomic E-state index is 0.228. The highest BCUT2D eigenvalue weighted by molar-refractivity contribution is 9.09. The number of rotatable bonds is 2. The van der Waals surface area contributed by atoms with Crippen LogP contribution in [0.15, 0.2) is 18.2 Å². The Kier molecular flexibility index (Phi) is 2.85. The van der Waals surface area contributed by atoms with E-state index in [4.69, 9.17) is 23.2 Å². The van der Waals surface area contributed by atoms with Crippen LogP contribution in [0.3, 0.4) is 0 Å². The molecule has 14 heavy (non-hydrogen) atoms. The minimum atomic E-state index is 0.228.